The Hall–Kier alpha value is -4.51. The summed E-state index contributed by atoms with van der Waals surface area (Å²) in [7, 11) is 0. The van der Waals surface area contributed by atoms with E-state index in [0.717, 1.165) is 23.0 Å². The second-order valence-electron chi connectivity index (χ2n) is 7.00. The molecule has 0 aliphatic carbocycles. The smallest absolute Gasteiger partial charge is 0.365 e. The van der Waals surface area contributed by atoms with Crippen LogP contribution in [0.4, 0.5) is 11.4 Å². The van der Waals surface area contributed by atoms with E-state index in [4.69, 9.17) is 4.74 Å². The van der Waals surface area contributed by atoms with Gasteiger partial charge in [0.25, 0.3) is 5.69 Å². The van der Waals surface area contributed by atoms with E-state index in [1.807, 2.05) is 65.2 Å². The maximum absolute atomic E-state index is 12.7. The number of nitro benzene ring substituents is 1. The van der Waals surface area contributed by atoms with Gasteiger partial charge in [-0.25, -0.2) is 4.79 Å². The van der Waals surface area contributed by atoms with Crippen molar-refractivity contribution >= 4 is 34.1 Å². The van der Waals surface area contributed by atoms with Gasteiger partial charge in [0.15, 0.2) is 5.82 Å². The number of esters is 1. The van der Waals surface area contributed by atoms with Crippen LogP contribution in [0.3, 0.4) is 0 Å². The number of nitrogens with one attached hydrogen (secondary N) is 1. The number of hydrazone groups is 1. The van der Waals surface area contributed by atoms with Gasteiger partial charge in [-0.2, -0.15) is 5.10 Å². The predicted octanol–water partition coefficient (Wildman–Crippen LogP) is 4.92. The second kappa shape index (κ2) is 11.1. The summed E-state index contributed by atoms with van der Waals surface area (Å²) in [6, 6.07) is 24.8. The van der Waals surface area contributed by atoms with Crippen LogP contribution >= 0.6 is 11.8 Å². The van der Waals surface area contributed by atoms with Gasteiger partial charge in [0.2, 0.25) is 10.2 Å². The maximum Gasteiger partial charge on any atom is 0.365 e. The van der Waals surface area contributed by atoms with Gasteiger partial charge in [-0.3, -0.25) is 20.1 Å². The Morgan fingerprint density at radius 1 is 1.06 bits per heavy atom. The Labute approximate surface area is 204 Å². The largest absolute Gasteiger partial charge is 0.461 e. The van der Waals surface area contributed by atoms with Crippen molar-refractivity contribution in [2.24, 2.45) is 5.10 Å². The molecule has 10 nitrogen and oxygen atoms in total. The number of carbonyl (C=O) groups excluding carboxylic acids is 1. The average Bonchev–Trinajstić information content (AvgIpc) is 3.31. The summed E-state index contributed by atoms with van der Waals surface area (Å²) < 4.78 is 6.99. The molecule has 176 valence electrons. The van der Waals surface area contributed by atoms with Crippen LogP contribution in [-0.2, 0) is 9.53 Å². The van der Waals surface area contributed by atoms with Crippen molar-refractivity contribution in [1.29, 1.82) is 0 Å². The van der Waals surface area contributed by atoms with Gasteiger partial charge in [-0.15, -0.1) is 10.2 Å². The first-order chi connectivity index (χ1) is 17.1. The molecule has 0 aliphatic heterocycles. The summed E-state index contributed by atoms with van der Waals surface area (Å²) in [6.45, 7) is 1.84. The van der Waals surface area contributed by atoms with Crippen LogP contribution in [-0.4, -0.2) is 37.3 Å². The lowest BCUT2D eigenvalue weighted by Crippen LogP contribution is -2.17. The first-order valence-electron chi connectivity index (χ1n) is 10.6. The number of aromatic nitrogens is 3. The Balaban J connectivity index is 1.72. The minimum atomic E-state index is -0.667. The van der Waals surface area contributed by atoms with Crippen LogP contribution in [0.5, 0.6) is 0 Å². The molecule has 35 heavy (non-hydrogen) atoms. The molecule has 0 saturated carbocycles. The van der Waals surface area contributed by atoms with Crippen molar-refractivity contribution in [2.45, 2.75) is 12.1 Å². The van der Waals surface area contributed by atoms with Gasteiger partial charge in [-0.1, -0.05) is 54.6 Å². The molecule has 0 fully saturated rings. The number of non-ortho nitro benzene ring substituents is 1. The van der Waals surface area contributed by atoms with E-state index in [9.17, 15) is 14.9 Å². The molecule has 0 bridgehead atoms. The van der Waals surface area contributed by atoms with Gasteiger partial charge in [-0.05, 0) is 36.9 Å². The van der Waals surface area contributed by atoms with E-state index in [2.05, 4.69) is 20.7 Å². The lowest BCUT2D eigenvalue weighted by Gasteiger charge is -2.11. The van der Waals surface area contributed by atoms with Crippen LogP contribution in [0.15, 0.2) is 95.2 Å². The van der Waals surface area contributed by atoms with Crippen LogP contribution < -0.4 is 5.43 Å². The Morgan fingerprint density at radius 2 is 1.77 bits per heavy atom. The molecule has 4 aromatic rings. The van der Waals surface area contributed by atoms with E-state index in [1.165, 1.54) is 18.2 Å². The zero-order chi connectivity index (χ0) is 24.6. The maximum atomic E-state index is 12.7. The standard InChI is InChI=1S/C24H20N6O4S/c1-2-34-23(31)22(27-25-18-12-9-15-20(16-18)30(32)33)35-24-28-26-21(17-10-5-3-6-11-17)29(24)19-13-7-4-8-14-19/h3-16,25H,2H2,1H3/b27-22+. The molecule has 0 aliphatic rings. The number of anilines is 1. The lowest BCUT2D eigenvalue weighted by atomic mass is 10.2. The normalized spacial score (nSPS) is 11.2. The quantitative estimate of drug-likeness (QED) is 0.0970. The van der Waals surface area contributed by atoms with Crippen molar-refractivity contribution in [1.82, 2.24) is 14.8 Å². The third-order valence-corrected chi connectivity index (χ3v) is 5.56. The number of nitro groups is 1. The average molecular weight is 489 g/mol. The molecule has 4 rings (SSSR count). The van der Waals surface area contributed by atoms with Crippen molar-refractivity contribution in [3.05, 3.63) is 95.0 Å². The highest BCUT2D eigenvalue weighted by Gasteiger charge is 2.22. The van der Waals surface area contributed by atoms with Gasteiger partial charge in [0, 0.05) is 23.4 Å². The van der Waals surface area contributed by atoms with Crippen molar-refractivity contribution in [3.8, 4) is 17.1 Å². The zero-order valence-corrected chi connectivity index (χ0v) is 19.4. The van der Waals surface area contributed by atoms with Crippen LogP contribution in [0, 0.1) is 10.1 Å². The Kier molecular flexibility index (Phi) is 7.48. The molecule has 1 heterocycles. The summed E-state index contributed by atoms with van der Waals surface area (Å²) in [5.41, 5.74) is 4.59. The van der Waals surface area contributed by atoms with Crippen LogP contribution in [0.2, 0.25) is 0 Å². The Morgan fingerprint density at radius 3 is 2.46 bits per heavy atom. The second-order valence-corrected chi connectivity index (χ2v) is 7.96. The number of rotatable bonds is 7. The number of hydrogen-bond donors (Lipinski definition) is 1. The van der Waals surface area contributed by atoms with Crippen LogP contribution in [0.1, 0.15) is 6.92 Å². The van der Waals surface area contributed by atoms with E-state index >= 15 is 0 Å². The molecular formula is C24H20N6O4S. The topological polar surface area (TPSA) is 125 Å². The predicted molar refractivity (Wildman–Crippen MR) is 133 cm³/mol. The fourth-order valence-corrected chi connectivity index (χ4v) is 3.89. The van der Waals surface area contributed by atoms with E-state index < -0.39 is 10.9 Å². The molecule has 1 N–H and O–H groups in total. The summed E-state index contributed by atoms with van der Waals surface area (Å²) in [5.74, 6) is -0.0755. The van der Waals surface area contributed by atoms with Crippen molar-refractivity contribution < 1.29 is 14.5 Å². The monoisotopic (exact) mass is 488 g/mol. The third kappa shape index (κ3) is 5.71. The number of ether oxygens (including phenoxy) is 1. The number of carbonyl (C=O) groups is 1. The fraction of sp³-hybridized carbons (Fsp3) is 0.0833. The summed E-state index contributed by atoms with van der Waals surface area (Å²) in [4.78, 5) is 23.2. The summed E-state index contributed by atoms with van der Waals surface area (Å²) >= 11 is 0.972. The van der Waals surface area contributed by atoms with Crippen LogP contribution in [0.25, 0.3) is 17.1 Å². The molecule has 0 radical (unpaired) electrons. The lowest BCUT2D eigenvalue weighted by molar-refractivity contribution is -0.384. The number of nitrogens with zero attached hydrogens (tertiary/aromatic N) is 5. The molecule has 0 atom stereocenters. The summed E-state index contributed by atoms with van der Waals surface area (Å²) in [5, 5.41) is 24.3. The molecule has 0 amide bonds. The van der Waals surface area contributed by atoms with Gasteiger partial charge in [0.1, 0.15) is 0 Å². The molecule has 1 aromatic heterocycles. The van der Waals surface area contributed by atoms with Gasteiger partial charge >= 0.3 is 5.97 Å². The molecule has 0 saturated heterocycles. The number of para-hydroxylation sites is 1. The van der Waals surface area contributed by atoms with E-state index in [0.29, 0.717) is 16.7 Å². The molecule has 0 unspecified atom stereocenters. The SMILES string of the molecule is CCOC(=O)/C(=N\Nc1cccc([N+](=O)[O-])c1)Sc1nnc(-c2ccccc2)n1-c1ccccc1. The van der Waals surface area contributed by atoms with E-state index in [1.54, 1.807) is 13.0 Å². The fourth-order valence-electron chi connectivity index (χ4n) is 3.11. The first kappa shape index (κ1) is 23.6. The summed E-state index contributed by atoms with van der Waals surface area (Å²) in [6.07, 6.45) is 0. The highest BCUT2D eigenvalue weighted by Crippen LogP contribution is 2.29. The van der Waals surface area contributed by atoms with Gasteiger partial charge < -0.3 is 4.74 Å². The molecule has 11 heteroatoms. The highest BCUT2D eigenvalue weighted by atomic mass is 32.2. The molecular weight excluding hydrogens is 468 g/mol. The number of thioether (sulfide) groups is 1. The number of benzene rings is 3. The number of hydrogen-bond acceptors (Lipinski definition) is 9. The molecule has 3 aromatic carbocycles. The minimum absolute atomic E-state index is 0.0393. The van der Waals surface area contributed by atoms with Crippen molar-refractivity contribution in [2.75, 3.05) is 12.0 Å². The van der Waals surface area contributed by atoms with Gasteiger partial charge in [0.05, 0.1) is 17.2 Å². The van der Waals surface area contributed by atoms with Crippen molar-refractivity contribution in [3.63, 3.8) is 0 Å². The third-order valence-electron chi connectivity index (χ3n) is 4.66. The highest BCUT2D eigenvalue weighted by molar-refractivity contribution is 8.15. The van der Waals surface area contributed by atoms with E-state index in [-0.39, 0.29) is 17.3 Å². The minimum Gasteiger partial charge on any atom is -0.461 e. The zero-order valence-electron chi connectivity index (χ0n) is 18.6. The molecule has 0 spiro atoms. The first-order valence-corrected chi connectivity index (χ1v) is 11.4. The Bertz CT molecular complexity index is 1360.